The van der Waals surface area contributed by atoms with Crippen molar-refractivity contribution in [2.24, 2.45) is 0 Å². The molecule has 1 fully saturated rings. The highest BCUT2D eigenvalue weighted by Gasteiger charge is 2.37. The molecule has 0 bridgehead atoms. The summed E-state index contributed by atoms with van der Waals surface area (Å²) < 4.78 is 16.4. The zero-order chi connectivity index (χ0) is 23.5. The molecule has 2 atom stereocenters. The van der Waals surface area contributed by atoms with E-state index in [0.29, 0.717) is 29.3 Å². The van der Waals surface area contributed by atoms with Crippen LogP contribution >= 0.6 is 0 Å². The zero-order valence-corrected chi connectivity index (χ0v) is 18.2. The molecular weight excluding hydrogens is 438 g/mol. The molecule has 5 rings (SSSR count). The van der Waals surface area contributed by atoms with Gasteiger partial charge in [0.05, 0.1) is 12.6 Å². The first-order valence-corrected chi connectivity index (χ1v) is 10.8. The van der Waals surface area contributed by atoms with Crippen LogP contribution in [0.5, 0.6) is 11.5 Å². The lowest BCUT2D eigenvalue weighted by Gasteiger charge is -2.40. The fourth-order valence-electron chi connectivity index (χ4n) is 4.11. The van der Waals surface area contributed by atoms with Gasteiger partial charge in [0, 0.05) is 30.2 Å². The van der Waals surface area contributed by atoms with Gasteiger partial charge in [-0.2, -0.15) is 0 Å². The number of rotatable bonds is 6. The van der Waals surface area contributed by atoms with Gasteiger partial charge in [-0.1, -0.05) is 18.2 Å². The summed E-state index contributed by atoms with van der Waals surface area (Å²) in [5, 5.41) is 12.9. The molecule has 2 aliphatic heterocycles. The van der Waals surface area contributed by atoms with Crippen molar-refractivity contribution in [1.82, 2.24) is 9.88 Å². The normalized spacial score (nSPS) is 19.2. The van der Waals surface area contributed by atoms with Crippen LogP contribution in [-0.4, -0.2) is 52.9 Å². The van der Waals surface area contributed by atoms with Gasteiger partial charge in [-0.05, 0) is 47.5 Å². The van der Waals surface area contributed by atoms with Crippen LogP contribution in [0.3, 0.4) is 0 Å². The number of aromatic nitrogens is 1. The number of aliphatic hydroxyl groups is 1. The predicted molar refractivity (Wildman–Crippen MR) is 121 cm³/mol. The molecule has 2 aliphatic rings. The molecule has 3 aromatic rings. The van der Waals surface area contributed by atoms with Gasteiger partial charge in [0.2, 0.25) is 12.7 Å². The van der Waals surface area contributed by atoms with E-state index in [1.807, 2.05) is 24.3 Å². The number of carbonyl (C=O) groups is 2. The maximum atomic E-state index is 12.6. The van der Waals surface area contributed by atoms with E-state index in [1.54, 1.807) is 47.6 Å². The first-order chi connectivity index (χ1) is 16.6. The van der Waals surface area contributed by atoms with Crippen LogP contribution in [0.4, 0.5) is 5.69 Å². The first kappa shape index (κ1) is 21.9. The highest BCUT2D eigenvalue weighted by Crippen LogP contribution is 2.33. The molecule has 2 aromatic carbocycles. The standard InChI is InChI=1S/C25H23N3O6/c29-13-20-24(32-14-23(30)28(20)12-16-2-1-9-26-11-16)17-3-6-19(7-4-17)27-25(31)18-5-8-21-22(10-18)34-15-33-21/h1-11,20,24,29H,12-15H2,(H,27,31)/t20-,24-/m1/s1. The third kappa shape index (κ3) is 4.43. The monoisotopic (exact) mass is 461 g/mol. The number of carbonyl (C=O) groups excluding carboxylic acids is 2. The summed E-state index contributed by atoms with van der Waals surface area (Å²) in [5.41, 5.74) is 2.72. The average Bonchev–Trinajstić information content (AvgIpc) is 3.34. The molecule has 0 saturated carbocycles. The van der Waals surface area contributed by atoms with Gasteiger partial charge in [0.15, 0.2) is 11.5 Å². The van der Waals surface area contributed by atoms with Gasteiger partial charge < -0.3 is 29.5 Å². The summed E-state index contributed by atoms with van der Waals surface area (Å²) in [6.45, 7) is 0.149. The summed E-state index contributed by atoms with van der Waals surface area (Å²) in [7, 11) is 0. The van der Waals surface area contributed by atoms with E-state index in [-0.39, 0.29) is 31.8 Å². The van der Waals surface area contributed by atoms with E-state index in [2.05, 4.69) is 10.3 Å². The van der Waals surface area contributed by atoms with E-state index < -0.39 is 12.1 Å². The van der Waals surface area contributed by atoms with E-state index in [1.165, 1.54) is 0 Å². The molecule has 9 heteroatoms. The Labute approximate surface area is 195 Å². The Morgan fingerprint density at radius 3 is 2.71 bits per heavy atom. The molecule has 1 saturated heterocycles. The highest BCUT2D eigenvalue weighted by molar-refractivity contribution is 6.04. The number of aliphatic hydroxyl groups excluding tert-OH is 1. The van der Waals surface area contributed by atoms with Gasteiger partial charge in [0.25, 0.3) is 5.91 Å². The van der Waals surface area contributed by atoms with Crippen molar-refractivity contribution in [2.75, 3.05) is 25.3 Å². The quantitative estimate of drug-likeness (QED) is 0.580. The average molecular weight is 461 g/mol. The van der Waals surface area contributed by atoms with Gasteiger partial charge in [0.1, 0.15) is 12.7 Å². The molecule has 2 amide bonds. The molecule has 174 valence electrons. The molecule has 3 heterocycles. The minimum absolute atomic E-state index is 0.0793. The number of fused-ring (bicyclic) bond motifs is 1. The third-order valence-corrected chi connectivity index (χ3v) is 5.85. The Bertz CT molecular complexity index is 1190. The van der Waals surface area contributed by atoms with Crippen molar-refractivity contribution in [3.63, 3.8) is 0 Å². The number of hydrogen-bond donors (Lipinski definition) is 2. The smallest absolute Gasteiger partial charge is 0.255 e. The van der Waals surface area contributed by atoms with Gasteiger partial charge in [-0.25, -0.2) is 0 Å². The summed E-state index contributed by atoms with van der Waals surface area (Å²) in [5.74, 6) is 0.689. The molecule has 2 N–H and O–H groups in total. The van der Waals surface area contributed by atoms with Crippen LogP contribution in [-0.2, 0) is 16.1 Å². The SMILES string of the molecule is O=C(Nc1ccc([C@H]2OCC(=O)N(Cc3cccnc3)[C@@H]2CO)cc1)c1ccc2c(c1)OCO2. The predicted octanol–water partition coefficient (Wildman–Crippen LogP) is 2.52. The first-order valence-electron chi connectivity index (χ1n) is 10.8. The lowest BCUT2D eigenvalue weighted by atomic mass is 9.98. The molecule has 0 radical (unpaired) electrons. The van der Waals surface area contributed by atoms with Gasteiger partial charge in [-0.3, -0.25) is 14.6 Å². The molecule has 0 unspecified atom stereocenters. The van der Waals surface area contributed by atoms with Gasteiger partial charge in [-0.15, -0.1) is 0 Å². The molecular formula is C25H23N3O6. The van der Waals surface area contributed by atoms with Crippen molar-refractivity contribution in [2.45, 2.75) is 18.7 Å². The number of hydrogen-bond acceptors (Lipinski definition) is 7. The molecule has 1 aromatic heterocycles. The minimum atomic E-state index is -0.546. The van der Waals surface area contributed by atoms with E-state index in [0.717, 1.165) is 11.1 Å². The van der Waals surface area contributed by atoms with E-state index >= 15 is 0 Å². The number of nitrogens with one attached hydrogen (secondary N) is 1. The zero-order valence-electron chi connectivity index (χ0n) is 18.2. The lowest BCUT2D eigenvalue weighted by molar-refractivity contribution is -0.162. The molecule has 34 heavy (non-hydrogen) atoms. The van der Waals surface area contributed by atoms with E-state index in [4.69, 9.17) is 14.2 Å². The third-order valence-electron chi connectivity index (χ3n) is 5.85. The van der Waals surface area contributed by atoms with E-state index in [9.17, 15) is 14.7 Å². The number of amides is 2. The highest BCUT2D eigenvalue weighted by atomic mass is 16.7. The maximum absolute atomic E-state index is 12.6. The van der Waals surface area contributed by atoms with Crippen LogP contribution in [0.1, 0.15) is 27.6 Å². The molecule has 0 aliphatic carbocycles. The van der Waals surface area contributed by atoms with Crippen LogP contribution in [0.15, 0.2) is 67.0 Å². The van der Waals surface area contributed by atoms with Gasteiger partial charge >= 0.3 is 0 Å². The van der Waals surface area contributed by atoms with Crippen LogP contribution in [0.25, 0.3) is 0 Å². The van der Waals surface area contributed by atoms with Crippen molar-refractivity contribution in [3.05, 3.63) is 83.7 Å². The number of morpholine rings is 1. The Kier molecular flexibility index (Phi) is 6.11. The fourth-order valence-corrected chi connectivity index (χ4v) is 4.11. The number of nitrogens with zero attached hydrogens (tertiary/aromatic N) is 2. The maximum Gasteiger partial charge on any atom is 0.255 e. The number of anilines is 1. The number of pyridine rings is 1. The minimum Gasteiger partial charge on any atom is -0.454 e. The Morgan fingerprint density at radius 2 is 1.94 bits per heavy atom. The second-order valence-electron chi connectivity index (χ2n) is 8.01. The lowest BCUT2D eigenvalue weighted by Crippen LogP contribution is -2.52. The van der Waals surface area contributed by atoms with Crippen LogP contribution < -0.4 is 14.8 Å². The Hall–Kier alpha value is -3.95. The molecule has 0 spiro atoms. The van der Waals surface area contributed by atoms with Crippen molar-refractivity contribution < 1.29 is 28.9 Å². The Morgan fingerprint density at radius 1 is 1.12 bits per heavy atom. The fraction of sp³-hybridized carbons (Fsp3) is 0.240. The number of ether oxygens (including phenoxy) is 3. The Balaban J connectivity index is 1.29. The van der Waals surface area contributed by atoms with Crippen molar-refractivity contribution >= 4 is 17.5 Å². The van der Waals surface area contributed by atoms with Crippen molar-refractivity contribution in [3.8, 4) is 11.5 Å². The second kappa shape index (κ2) is 9.50. The topological polar surface area (TPSA) is 110 Å². The largest absolute Gasteiger partial charge is 0.454 e. The summed E-state index contributed by atoms with van der Waals surface area (Å²) in [6.07, 6.45) is 2.87. The summed E-state index contributed by atoms with van der Waals surface area (Å²) >= 11 is 0. The molecule has 9 nitrogen and oxygen atoms in total. The van der Waals surface area contributed by atoms with Crippen LogP contribution in [0.2, 0.25) is 0 Å². The summed E-state index contributed by atoms with van der Waals surface area (Å²) in [6, 6.07) is 15.3. The summed E-state index contributed by atoms with van der Waals surface area (Å²) in [4.78, 5) is 30.9. The van der Waals surface area contributed by atoms with Crippen LogP contribution in [0, 0.1) is 0 Å². The van der Waals surface area contributed by atoms with Crippen molar-refractivity contribution in [1.29, 1.82) is 0 Å². The number of benzene rings is 2. The second-order valence-corrected chi connectivity index (χ2v) is 8.01.